The summed E-state index contributed by atoms with van der Waals surface area (Å²) >= 11 is 0. The predicted molar refractivity (Wildman–Crippen MR) is 97.5 cm³/mol. The highest BCUT2D eigenvalue weighted by atomic mass is 16.2. The number of amides is 2. The smallest absolute Gasteiger partial charge is 0.335 e. The Balaban J connectivity index is 1.79. The van der Waals surface area contributed by atoms with Crippen LogP contribution in [0.25, 0.3) is 0 Å². The Morgan fingerprint density at radius 2 is 1.92 bits per heavy atom. The van der Waals surface area contributed by atoms with Crippen molar-refractivity contribution < 1.29 is 4.79 Å². The minimum Gasteiger partial charge on any atom is -0.378 e. The highest BCUT2D eigenvalue weighted by Gasteiger charge is 2.02. The predicted octanol–water partition coefficient (Wildman–Crippen LogP) is 2.41. The van der Waals surface area contributed by atoms with Gasteiger partial charge in [-0.2, -0.15) is 5.10 Å². The Hall–Kier alpha value is -2.89. The normalized spacial score (nSPS) is 11.0. The average molecular weight is 325 g/mol. The van der Waals surface area contributed by atoms with E-state index in [1.807, 2.05) is 68.4 Å². The number of nitrogens with zero attached hydrogens (tertiary/aromatic N) is 3. The van der Waals surface area contributed by atoms with E-state index in [2.05, 4.69) is 20.8 Å². The third-order valence-electron chi connectivity index (χ3n) is 3.52. The molecule has 0 unspecified atom stereocenters. The first-order valence-electron chi connectivity index (χ1n) is 7.82. The van der Waals surface area contributed by atoms with E-state index in [9.17, 15) is 4.79 Å². The number of carbonyl (C=O) groups is 1. The molecule has 0 aliphatic heterocycles. The second-order valence-corrected chi connectivity index (χ2v) is 5.58. The summed E-state index contributed by atoms with van der Waals surface area (Å²) < 4.78 is 0. The molecule has 6 heteroatoms. The van der Waals surface area contributed by atoms with Crippen molar-refractivity contribution in [1.82, 2.24) is 15.7 Å². The lowest BCUT2D eigenvalue weighted by Crippen LogP contribution is -2.34. The molecule has 0 aliphatic carbocycles. The molecule has 0 saturated carbocycles. The van der Waals surface area contributed by atoms with Crippen LogP contribution in [0.2, 0.25) is 0 Å². The quantitative estimate of drug-likeness (QED) is 0.633. The summed E-state index contributed by atoms with van der Waals surface area (Å²) in [7, 11) is 3.99. The van der Waals surface area contributed by atoms with Crippen LogP contribution in [0.4, 0.5) is 10.5 Å². The van der Waals surface area contributed by atoms with Crippen LogP contribution in [-0.4, -0.2) is 37.4 Å². The van der Waals surface area contributed by atoms with Gasteiger partial charge in [-0.3, -0.25) is 4.98 Å². The number of benzene rings is 1. The van der Waals surface area contributed by atoms with Crippen molar-refractivity contribution in [3.8, 4) is 0 Å². The highest BCUT2D eigenvalue weighted by Crippen LogP contribution is 2.12. The molecule has 1 aromatic carbocycles. The lowest BCUT2D eigenvalue weighted by atomic mass is 10.1. The minimum atomic E-state index is -0.324. The van der Waals surface area contributed by atoms with Crippen molar-refractivity contribution in [2.45, 2.75) is 13.3 Å². The molecule has 0 aliphatic rings. The summed E-state index contributed by atoms with van der Waals surface area (Å²) in [5, 5.41) is 6.88. The fourth-order valence-electron chi connectivity index (χ4n) is 2.09. The molecule has 2 aromatic rings. The van der Waals surface area contributed by atoms with Gasteiger partial charge in [0, 0.05) is 44.6 Å². The van der Waals surface area contributed by atoms with Gasteiger partial charge in [-0.15, -0.1) is 0 Å². The molecule has 0 fully saturated rings. The highest BCUT2D eigenvalue weighted by molar-refractivity contribution is 5.99. The minimum absolute atomic E-state index is 0.324. The summed E-state index contributed by atoms with van der Waals surface area (Å²) in [6.45, 7) is 2.37. The maximum Gasteiger partial charge on any atom is 0.335 e. The molecule has 0 spiro atoms. The monoisotopic (exact) mass is 325 g/mol. The van der Waals surface area contributed by atoms with E-state index >= 15 is 0 Å². The van der Waals surface area contributed by atoms with Crippen LogP contribution in [0.15, 0.2) is 53.8 Å². The SMILES string of the molecule is CC(=NNC(=O)NCCc1ccccn1)c1ccc(N(C)C)cc1. The van der Waals surface area contributed by atoms with Gasteiger partial charge in [0.25, 0.3) is 0 Å². The molecule has 2 amide bonds. The zero-order valence-electron chi connectivity index (χ0n) is 14.3. The third-order valence-corrected chi connectivity index (χ3v) is 3.52. The molecule has 2 N–H and O–H groups in total. The molecule has 2 rings (SSSR count). The number of hydrogen-bond donors (Lipinski definition) is 2. The maximum absolute atomic E-state index is 11.8. The van der Waals surface area contributed by atoms with Crippen molar-refractivity contribution >= 4 is 17.4 Å². The zero-order valence-corrected chi connectivity index (χ0v) is 14.3. The van der Waals surface area contributed by atoms with E-state index in [1.54, 1.807) is 6.20 Å². The Bertz CT molecular complexity index is 680. The van der Waals surface area contributed by atoms with Crippen LogP contribution in [0.3, 0.4) is 0 Å². The van der Waals surface area contributed by atoms with Crippen molar-refractivity contribution in [2.24, 2.45) is 5.10 Å². The molecule has 0 radical (unpaired) electrons. The zero-order chi connectivity index (χ0) is 17.4. The lowest BCUT2D eigenvalue weighted by molar-refractivity contribution is 0.241. The second kappa shape index (κ2) is 8.67. The van der Waals surface area contributed by atoms with Gasteiger partial charge in [-0.25, -0.2) is 10.2 Å². The summed E-state index contributed by atoms with van der Waals surface area (Å²) in [5.74, 6) is 0. The first kappa shape index (κ1) is 17.5. The second-order valence-electron chi connectivity index (χ2n) is 5.58. The topological polar surface area (TPSA) is 69.6 Å². The molecule has 24 heavy (non-hydrogen) atoms. The number of pyridine rings is 1. The molecular formula is C18H23N5O. The van der Waals surface area contributed by atoms with Crippen LogP contribution in [0.1, 0.15) is 18.2 Å². The number of rotatable bonds is 6. The fourth-order valence-corrected chi connectivity index (χ4v) is 2.09. The van der Waals surface area contributed by atoms with Gasteiger partial charge in [0.05, 0.1) is 5.71 Å². The summed E-state index contributed by atoms with van der Waals surface area (Å²) in [5.41, 5.74) is 6.29. The van der Waals surface area contributed by atoms with E-state index in [-0.39, 0.29) is 6.03 Å². The van der Waals surface area contributed by atoms with Gasteiger partial charge in [0.1, 0.15) is 0 Å². The van der Waals surface area contributed by atoms with Crippen LogP contribution in [0, 0.1) is 0 Å². The van der Waals surface area contributed by atoms with Crippen molar-refractivity contribution in [1.29, 1.82) is 0 Å². The molecule has 6 nitrogen and oxygen atoms in total. The van der Waals surface area contributed by atoms with Crippen LogP contribution in [0.5, 0.6) is 0 Å². The van der Waals surface area contributed by atoms with Gasteiger partial charge in [0.2, 0.25) is 0 Å². The summed E-state index contributed by atoms with van der Waals surface area (Å²) in [6, 6.07) is 13.4. The largest absolute Gasteiger partial charge is 0.378 e. The van der Waals surface area contributed by atoms with Gasteiger partial charge in [-0.05, 0) is 36.8 Å². The molecular weight excluding hydrogens is 302 g/mol. The first-order chi connectivity index (χ1) is 11.6. The average Bonchev–Trinajstić information content (AvgIpc) is 2.60. The van der Waals surface area contributed by atoms with Gasteiger partial charge in [0.15, 0.2) is 0 Å². The molecule has 1 aromatic heterocycles. The van der Waals surface area contributed by atoms with Gasteiger partial charge >= 0.3 is 6.03 Å². The Kier molecular flexibility index (Phi) is 6.31. The van der Waals surface area contributed by atoms with E-state index in [1.165, 1.54) is 0 Å². The molecule has 0 saturated heterocycles. The van der Waals surface area contributed by atoms with Crippen molar-refractivity contribution in [3.63, 3.8) is 0 Å². The maximum atomic E-state index is 11.8. The Labute approximate surface area is 142 Å². The molecule has 0 bridgehead atoms. The van der Waals surface area contributed by atoms with Crippen LogP contribution < -0.4 is 15.6 Å². The fraction of sp³-hybridized carbons (Fsp3) is 0.278. The van der Waals surface area contributed by atoms with Crippen molar-refractivity contribution in [2.75, 3.05) is 25.5 Å². The number of anilines is 1. The summed E-state index contributed by atoms with van der Waals surface area (Å²) in [4.78, 5) is 18.0. The molecule has 0 atom stereocenters. The molecule has 1 heterocycles. The Morgan fingerprint density at radius 1 is 1.17 bits per heavy atom. The van der Waals surface area contributed by atoms with Gasteiger partial charge < -0.3 is 10.2 Å². The molecule has 126 valence electrons. The lowest BCUT2D eigenvalue weighted by Gasteiger charge is -2.12. The standard InChI is InChI=1S/C18H23N5O/c1-14(15-7-9-17(10-8-15)23(2)3)21-22-18(24)20-13-11-16-6-4-5-12-19-16/h4-10,12H,11,13H2,1-3H3,(H2,20,22,24). The van der Waals surface area contributed by atoms with Crippen molar-refractivity contribution in [3.05, 3.63) is 59.9 Å². The number of carbonyl (C=O) groups excluding carboxylic acids is 1. The van der Waals surface area contributed by atoms with Crippen LogP contribution in [-0.2, 0) is 6.42 Å². The van der Waals surface area contributed by atoms with E-state index in [4.69, 9.17) is 0 Å². The van der Waals surface area contributed by atoms with E-state index in [0.29, 0.717) is 13.0 Å². The van der Waals surface area contributed by atoms with Gasteiger partial charge in [-0.1, -0.05) is 18.2 Å². The third kappa shape index (κ3) is 5.39. The number of nitrogens with one attached hydrogen (secondary N) is 2. The van der Waals surface area contributed by atoms with E-state index < -0.39 is 0 Å². The Morgan fingerprint density at radius 3 is 2.54 bits per heavy atom. The number of urea groups is 1. The number of hydrazone groups is 1. The first-order valence-corrected chi connectivity index (χ1v) is 7.82. The van der Waals surface area contributed by atoms with E-state index in [0.717, 1.165) is 22.7 Å². The summed E-state index contributed by atoms with van der Waals surface area (Å²) in [6.07, 6.45) is 2.42. The van der Waals surface area contributed by atoms with Crippen LogP contribution >= 0.6 is 0 Å². The number of hydrogen-bond acceptors (Lipinski definition) is 4. The number of aromatic nitrogens is 1.